The van der Waals surface area contributed by atoms with Gasteiger partial charge in [-0.05, 0) is 18.2 Å². The van der Waals surface area contributed by atoms with E-state index < -0.39 is 23.6 Å². The summed E-state index contributed by atoms with van der Waals surface area (Å²) < 4.78 is 38.3. The van der Waals surface area contributed by atoms with Crippen LogP contribution in [0.15, 0.2) is 35.0 Å². The highest BCUT2D eigenvalue weighted by atomic mass is 35.5. The molecule has 0 amide bonds. The minimum atomic E-state index is -1.06. The topological polar surface area (TPSA) is 124 Å². The Hall–Kier alpha value is -3.11. The zero-order chi connectivity index (χ0) is 20.3. The van der Waals surface area contributed by atoms with Gasteiger partial charge in [0, 0.05) is 24.7 Å². The van der Waals surface area contributed by atoms with E-state index in [-0.39, 0.29) is 46.8 Å². The normalized spacial score (nSPS) is 12.0. The second-order valence-corrected chi connectivity index (χ2v) is 6.19. The molecule has 28 heavy (non-hydrogen) atoms. The molecule has 0 saturated carbocycles. The number of aromatic nitrogens is 3. The zero-order valence-electron chi connectivity index (χ0n) is 14.1. The molecule has 0 fully saturated rings. The van der Waals surface area contributed by atoms with Crippen LogP contribution < -0.4 is 10.5 Å². The lowest BCUT2D eigenvalue weighted by Gasteiger charge is -2.07. The SMILES string of the molecule is N[C@@H](CC(=O)O)Cc1nc(-c2ccc(Oc3ncc(Cl)cc3F)cc2F)no1. The predicted molar refractivity (Wildman–Crippen MR) is 92.9 cm³/mol. The Kier molecular flexibility index (Phi) is 5.81. The largest absolute Gasteiger partial charge is 0.481 e. The van der Waals surface area contributed by atoms with Crippen molar-refractivity contribution < 1.29 is 27.9 Å². The second-order valence-electron chi connectivity index (χ2n) is 5.76. The van der Waals surface area contributed by atoms with Crippen LogP contribution in [0.4, 0.5) is 8.78 Å². The third-order valence-corrected chi connectivity index (χ3v) is 3.72. The van der Waals surface area contributed by atoms with Gasteiger partial charge in [-0.15, -0.1) is 0 Å². The number of rotatable bonds is 7. The van der Waals surface area contributed by atoms with E-state index in [9.17, 15) is 13.6 Å². The highest BCUT2D eigenvalue weighted by Crippen LogP contribution is 2.28. The van der Waals surface area contributed by atoms with Crippen LogP contribution in [0.3, 0.4) is 0 Å². The highest BCUT2D eigenvalue weighted by molar-refractivity contribution is 6.30. The summed E-state index contributed by atoms with van der Waals surface area (Å²) in [6.45, 7) is 0. The van der Waals surface area contributed by atoms with Crippen molar-refractivity contribution in [1.29, 1.82) is 0 Å². The van der Waals surface area contributed by atoms with Crippen molar-refractivity contribution in [3.63, 3.8) is 0 Å². The number of pyridine rings is 1. The van der Waals surface area contributed by atoms with E-state index in [0.29, 0.717) is 0 Å². The highest BCUT2D eigenvalue weighted by Gasteiger charge is 2.18. The fourth-order valence-corrected chi connectivity index (χ4v) is 2.44. The molecule has 0 aliphatic rings. The Morgan fingerprint density at radius 2 is 2.11 bits per heavy atom. The first kappa shape index (κ1) is 19.6. The first-order chi connectivity index (χ1) is 13.3. The number of benzene rings is 1. The third-order valence-electron chi connectivity index (χ3n) is 3.51. The number of aliphatic carboxylic acids is 1. The van der Waals surface area contributed by atoms with Crippen LogP contribution in [-0.4, -0.2) is 32.2 Å². The van der Waals surface area contributed by atoms with Gasteiger partial charge in [0.2, 0.25) is 11.7 Å². The molecule has 3 aromatic rings. The number of carboxylic acids is 1. The summed E-state index contributed by atoms with van der Waals surface area (Å²) in [5, 5.41) is 12.5. The Morgan fingerprint density at radius 1 is 1.32 bits per heavy atom. The Balaban J connectivity index is 1.75. The number of carbonyl (C=O) groups is 1. The summed E-state index contributed by atoms with van der Waals surface area (Å²) in [5.74, 6) is -2.91. The zero-order valence-corrected chi connectivity index (χ0v) is 14.9. The van der Waals surface area contributed by atoms with Gasteiger partial charge in [0.25, 0.3) is 5.88 Å². The summed E-state index contributed by atoms with van der Waals surface area (Å²) in [5.41, 5.74) is 5.67. The number of hydrogen-bond donors (Lipinski definition) is 2. The van der Waals surface area contributed by atoms with Crippen LogP contribution in [0.1, 0.15) is 12.3 Å². The van der Waals surface area contributed by atoms with Gasteiger partial charge in [0.1, 0.15) is 11.6 Å². The minimum Gasteiger partial charge on any atom is -0.481 e. The van der Waals surface area contributed by atoms with Crippen LogP contribution in [0.2, 0.25) is 5.02 Å². The number of hydrogen-bond acceptors (Lipinski definition) is 7. The molecule has 0 saturated heterocycles. The van der Waals surface area contributed by atoms with Gasteiger partial charge in [-0.1, -0.05) is 16.8 Å². The Morgan fingerprint density at radius 3 is 2.79 bits per heavy atom. The van der Waals surface area contributed by atoms with E-state index in [1.807, 2.05) is 0 Å². The minimum absolute atomic E-state index is 0.00201. The van der Waals surface area contributed by atoms with Crippen molar-refractivity contribution in [3.8, 4) is 23.0 Å². The molecule has 0 unspecified atom stereocenters. The van der Waals surface area contributed by atoms with Crippen molar-refractivity contribution >= 4 is 17.6 Å². The maximum absolute atomic E-state index is 14.4. The average Bonchev–Trinajstić information content (AvgIpc) is 3.04. The molecule has 0 radical (unpaired) electrons. The summed E-state index contributed by atoms with van der Waals surface area (Å²) in [6, 6.07) is 4.01. The first-order valence-corrected chi connectivity index (χ1v) is 8.28. The summed E-state index contributed by atoms with van der Waals surface area (Å²) in [4.78, 5) is 18.3. The standard InChI is InChI=1S/C17H13ClF2N4O4/c18-8-3-13(20)17(22-7-8)27-10-1-2-11(12(19)6-10)16-23-14(28-24-16)4-9(21)5-15(25)26/h1-3,6-7,9H,4-5,21H2,(H,25,26)/t9-/m1/s1. The molecule has 0 spiro atoms. The van der Waals surface area contributed by atoms with Crippen molar-refractivity contribution in [2.75, 3.05) is 0 Å². The molecule has 0 aliphatic carbocycles. The van der Waals surface area contributed by atoms with Crippen LogP contribution in [0.25, 0.3) is 11.4 Å². The van der Waals surface area contributed by atoms with Crippen molar-refractivity contribution in [3.05, 3.63) is 53.0 Å². The number of nitrogens with zero attached hydrogens (tertiary/aromatic N) is 3. The average molecular weight is 411 g/mol. The van der Waals surface area contributed by atoms with E-state index in [2.05, 4.69) is 15.1 Å². The van der Waals surface area contributed by atoms with E-state index in [1.165, 1.54) is 18.3 Å². The first-order valence-electron chi connectivity index (χ1n) is 7.90. The molecular weight excluding hydrogens is 398 g/mol. The summed E-state index contributed by atoms with van der Waals surface area (Å²) in [7, 11) is 0. The maximum Gasteiger partial charge on any atom is 0.304 e. The van der Waals surface area contributed by atoms with E-state index >= 15 is 0 Å². The Bertz CT molecular complexity index is 1010. The molecular formula is C17H13ClF2N4O4. The lowest BCUT2D eigenvalue weighted by molar-refractivity contribution is -0.137. The van der Waals surface area contributed by atoms with Crippen molar-refractivity contribution in [2.45, 2.75) is 18.9 Å². The maximum atomic E-state index is 14.4. The van der Waals surface area contributed by atoms with E-state index in [0.717, 1.165) is 12.1 Å². The monoisotopic (exact) mass is 410 g/mol. The van der Waals surface area contributed by atoms with Gasteiger partial charge in [0.05, 0.1) is 17.0 Å². The smallest absolute Gasteiger partial charge is 0.304 e. The molecule has 1 atom stereocenters. The van der Waals surface area contributed by atoms with Gasteiger partial charge >= 0.3 is 5.97 Å². The number of ether oxygens (including phenoxy) is 1. The van der Waals surface area contributed by atoms with Crippen LogP contribution in [-0.2, 0) is 11.2 Å². The summed E-state index contributed by atoms with van der Waals surface area (Å²) >= 11 is 5.61. The van der Waals surface area contributed by atoms with Gasteiger partial charge in [-0.3, -0.25) is 4.79 Å². The second kappa shape index (κ2) is 8.28. The molecule has 8 nitrogen and oxygen atoms in total. The van der Waals surface area contributed by atoms with E-state index in [4.69, 9.17) is 31.7 Å². The van der Waals surface area contributed by atoms with Gasteiger partial charge in [0.15, 0.2) is 5.82 Å². The third kappa shape index (κ3) is 4.78. The van der Waals surface area contributed by atoms with Crippen molar-refractivity contribution in [2.24, 2.45) is 5.73 Å². The summed E-state index contributed by atoms with van der Waals surface area (Å²) in [6.07, 6.45) is 0.956. The molecule has 2 aromatic heterocycles. The fourth-order valence-electron chi connectivity index (χ4n) is 2.30. The molecule has 2 heterocycles. The lowest BCUT2D eigenvalue weighted by Crippen LogP contribution is -2.26. The van der Waals surface area contributed by atoms with Gasteiger partial charge in [-0.25, -0.2) is 13.8 Å². The number of nitrogens with two attached hydrogens (primary N) is 1. The molecule has 146 valence electrons. The lowest BCUT2D eigenvalue weighted by atomic mass is 10.1. The molecule has 0 bridgehead atoms. The fraction of sp³-hybridized carbons (Fsp3) is 0.176. The van der Waals surface area contributed by atoms with E-state index in [1.54, 1.807) is 0 Å². The van der Waals surface area contributed by atoms with Crippen LogP contribution >= 0.6 is 11.6 Å². The van der Waals surface area contributed by atoms with Crippen LogP contribution in [0, 0.1) is 11.6 Å². The Labute approximate surface area is 161 Å². The molecule has 1 aromatic carbocycles. The molecule has 11 heteroatoms. The number of halogens is 3. The van der Waals surface area contributed by atoms with Gasteiger partial charge in [-0.2, -0.15) is 4.98 Å². The quantitative estimate of drug-likeness (QED) is 0.608. The molecule has 3 rings (SSSR count). The van der Waals surface area contributed by atoms with Gasteiger partial charge < -0.3 is 20.1 Å². The molecule has 3 N–H and O–H groups in total. The number of carboxylic acid groups (broad SMARTS) is 1. The van der Waals surface area contributed by atoms with Crippen molar-refractivity contribution in [1.82, 2.24) is 15.1 Å². The predicted octanol–water partition coefficient (Wildman–Crippen LogP) is 3.20. The molecule has 0 aliphatic heterocycles. The van der Waals surface area contributed by atoms with Crippen LogP contribution in [0.5, 0.6) is 11.6 Å².